The van der Waals surface area contributed by atoms with Crippen molar-refractivity contribution in [2.45, 2.75) is 19.4 Å². The van der Waals surface area contributed by atoms with E-state index in [9.17, 15) is 0 Å². The van der Waals surface area contributed by atoms with Crippen molar-refractivity contribution in [2.24, 2.45) is 0 Å². The van der Waals surface area contributed by atoms with E-state index in [1.165, 1.54) is 16.6 Å². The first-order valence-corrected chi connectivity index (χ1v) is 6.73. The minimum Gasteiger partial charge on any atom is -0.380 e. The number of ether oxygens (including phenoxy) is 1. The highest BCUT2D eigenvalue weighted by atomic mass is 35.5. The summed E-state index contributed by atoms with van der Waals surface area (Å²) < 4.78 is 5.48. The van der Waals surface area contributed by atoms with Gasteiger partial charge in [-0.15, -0.1) is 0 Å². The summed E-state index contributed by atoms with van der Waals surface area (Å²) in [6.07, 6.45) is 0.991. The Morgan fingerprint density at radius 1 is 1.33 bits per heavy atom. The molecule has 3 nitrogen and oxygen atoms in total. The topological polar surface area (TPSA) is 37.0 Å². The molecule has 0 bridgehead atoms. The van der Waals surface area contributed by atoms with Crippen LogP contribution < -0.4 is 5.32 Å². The summed E-state index contributed by atoms with van der Waals surface area (Å²) in [6.45, 7) is 4.64. The van der Waals surface area contributed by atoms with Crippen LogP contribution in [-0.4, -0.2) is 24.7 Å². The minimum atomic E-state index is 0.330. The van der Waals surface area contributed by atoms with E-state index in [1.54, 1.807) is 0 Å². The van der Waals surface area contributed by atoms with Crippen LogP contribution in [0.4, 0.5) is 0 Å². The molecule has 0 aliphatic carbocycles. The Bertz CT molecular complexity index is 556. The second-order valence-corrected chi connectivity index (χ2v) is 5.14. The predicted octanol–water partition coefficient (Wildman–Crippen LogP) is 3.18. The standard InChI is InChI=1S/C14H17ClN2O/c1-9-10-3-2-4-11(15)14(10)17-13(9)12-5-7-18-8-6-16-12/h2-4,12,16-17H,5-8H2,1H3. The monoisotopic (exact) mass is 264 g/mol. The lowest BCUT2D eigenvalue weighted by atomic mass is 10.1. The Balaban J connectivity index is 2.06. The van der Waals surface area contributed by atoms with Crippen molar-refractivity contribution in [2.75, 3.05) is 19.8 Å². The van der Waals surface area contributed by atoms with Gasteiger partial charge < -0.3 is 15.0 Å². The number of benzene rings is 1. The first-order valence-electron chi connectivity index (χ1n) is 6.35. The Kier molecular flexibility index (Phi) is 3.29. The smallest absolute Gasteiger partial charge is 0.0648 e. The lowest BCUT2D eigenvalue weighted by Gasteiger charge is -2.14. The maximum absolute atomic E-state index is 6.24. The van der Waals surface area contributed by atoms with Gasteiger partial charge in [0.1, 0.15) is 0 Å². The Morgan fingerprint density at radius 3 is 3.06 bits per heavy atom. The fraction of sp³-hybridized carbons (Fsp3) is 0.429. The number of hydrogen-bond donors (Lipinski definition) is 2. The van der Waals surface area contributed by atoms with E-state index in [0.717, 1.165) is 36.7 Å². The zero-order valence-electron chi connectivity index (χ0n) is 10.4. The van der Waals surface area contributed by atoms with Crippen molar-refractivity contribution in [3.63, 3.8) is 0 Å². The van der Waals surface area contributed by atoms with E-state index in [4.69, 9.17) is 16.3 Å². The average Bonchev–Trinajstić information content (AvgIpc) is 2.57. The van der Waals surface area contributed by atoms with Crippen LogP contribution in [-0.2, 0) is 4.74 Å². The molecule has 18 heavy (non-hydrogen) atoms. The van der Waals surface area contributed by atoms with Crippen LogP contribution in [0.25, 0.3) is 10.9 Å². The van der Waals surface area contributed by atoms with Crippen LogP contribution in [0.2, 0.25) is 5.02 Å². The SMILES string of the molecule is Cc1c(C2CCOCCN2)[nH]c2c(Cl)cccc12. The lowest BCUT2D eigenvalue weighted by molar-refractivity contribution is 0.150. The third kappa shape index (κ3) is 2.03. The number of nitrogens with one attached hydrogen (secondary N) is 2. The number of aryl methyl sites for hydroxylation is 1. The fourth-order valence-electron chi connectivity index (χ4n) is 2.64. The highest BCUT2D eigenvalue weighted by molar-refractivity contribution is 6.35. The minimum absolute atomic E-state index is 0.330. The van der Waals surface area contributed by atoms with Gasteiger partial charge in [-0.05, 0) is 25.0 Å². The summed E-state index contributed by atoms with van der Waals surface area (Å²) >= 11 is 6.24. The molecular weight excluding hydrogens is 248 g/mol. The summed E-state index contributed by atoms with van der Waals surface area (Å²) in [5, 5.41) is 5.52. The molecule has 1 aromatic heterocycles. The first-order chi connectivity index (χ1) is 8.77. The number of H-pyrrole nitrogens is 1. The Labute approximate surface area is 111 Å². The second-order valence-electron chi connectivity index (χ2n) is 4.73. The van der Waals surface area contributed by atoms with E-state index in [2.05, 4.69) is 23.3 Å². The van der Waals surface area contributed by atoms with E-state index in [1.807, 2.05) is 12.1 Å². The summed E-state index contributed by atoms with van der Waals surface area (Å²) in [4.78, 5) is 3.48. The zero-order chi connectivity index (χ0) is 12.5. The van der Waals surface area contributed by atoms with Gasteiger partial charge in [-0.2, -0.15) is 0 Å². The number of fused-ring (bicyclic) bond motifs is 1. The van der Waals surface area contributed by atoms with E-state index < -0.39 is 0 Å². The maximum Gasteiger partial charge on any atom is 0.0648 e. The van der Waals surface area contributed by atoms with Gasteiger partial charge in [0.25, 0.3) is 0 Å². The summed E-state index contributed by atoms with van der Waals surface area (Å²) in [6, 6.07) is 6.37. The van der Waals surface area contributed by atoms with Crippen molar-refractivity contribution in [3.05, 3.63) is 34.5 Å². The lowest BCUT2D eigenvalue weighted by Crippen LogP contribution is -2.22. The van der Waals surface area contributed by atoms with E-state index in [-0.39, 0.29) is 0 Å². The molecule has 96 valence electrons. The summed E-state index contributed by atoms with van der Waals surface area (Å²) in [5.74, 6) is 0. The molecule has 1 unspecified atom stereocenters. The molecule has 0 radical (unpaired) electrons. The highest BCUT2D eigenvalue weighted by Crippen LogP contribution is 2.31. The molecular formula is C14H17ClN2O. The van der Waals surface area contributed by atoms with Crippen molar-refractivity contribution < 1.29 is 4.74 Å². The fourth-order valence-corrected chi connectivity index (χ4v) is 2.86. The van der Waals surface area contributed by atoms with Gasteiger partial charge in [0.2, 0.25) is 0 Å². The molecule has 1 aliphatic heterocycles. The van der Waals surface area contributed by atoms with Gasteiger partial charge in [-0.3, -0.25) is 0 Å². The largest absolute Gasteiger partial charge is 0.380 e. The van der Waals surface area contributed by atoms with Crippen LogP contribution in [0.3, 0.4) is 0 Å². The first kappa shape index (κ1) is 12.0. The molecule has 0 spiro atoms. The van der Waals surface area contributed by atoms with Gasteiger partial charge in [0, 0.05) is 30.3 Å². The van der Waals surface area contributed by atoms with Gasteiger partial charge in [-0.1, -0.05) is 23.7 Å². The van der Waals surface area contributed by atoms with Crippen LogP contribution in [0.5, 0.6) is 0 Å². The van der Waals surface area contributed by atoms with Crippen LogP contribution in [0.15, 0.2) is 18.2 Å². The quantitative estimate of drug-likeness (QED) is 0.830. The maximum atomic E-state index is 6.24. The average molecular weight is 265 g/mol. The van der Waals surface area contributed by atoms with Gasteiger partial charge in [0.15, 0.2) is 0 Å². The molecule has 2 heterocycles. The molecule has 1 aliphatic rings. The summed E-state index contributed by atoms with van der Waals surface area (Å²) in [5.41, 5.74) is 3.56. The second kappa shape index (κ2) is 4.92. The summed E-state index contributed by atoms with van der Waals surface area (Å²) in [7, 11) is 0. The van der Waals surface area contributed by atoms with Crippen molar-refractivity contribution in [1.82, 2.24) is 10.3 Å². The molecule has 0 amide bonds. The third-order valence-electron chi connectivity index (χ3n) is 3.62. The Morgan fingerprint density at radius 2 is 2.22 bits per heavy atom. The van der Waals surface area contributed by atoms with Crippen molar-refractivity contribution >= 4 is 22.5 Å². The molecule has 1 fully saturated rings. The van der Waals surface area contributed by atoms with Gasteiger partial charge in [-0.25, -0.2) is 0 Å². The number of aromatic nitrogens is 1. The van der Waals surface area contributed by atoms with Gasteiger partial charge >= 0.3 is 0 Å². The normalized spacial score (nSPS) is 21.1. The molecule has 2 N–H and O–H groups in total. The molecule has 2 aromatic rings. The number of aromatic amines is 1. The number of rotatable bonds is 1. The Hall–Kier alpha value is -1.03. The number of para-hydroxylation sites is 1. The van der Waals surface area contributed by atoms with E-state index >= 15 is 0 Å². The van der Waals surface area contributed by atoms with Gasteiger partial charge in [0.05, 0.1) is 17.1 Å². The van der Waals surface area contributed by atoms with E-state index in [0.29, 0.717) is 6.04 Å². The van der Waals surface area contributed by atoms with Crippen molar-refractivity contribution in [3.8, 4) is 0 Å². The molecule has 3 rings (SSSR count). The molecule has 1 atom stereocenters. The predicted molar refractivity (Wildman–Crippen MR) is 74.2 cm³/mol. The number of hydrogen-bond acceptors (Lipinski definition) is 2. The molecule has 1 aromatic carbocycles. The highest BCUT2D eigenvalue weighted by Gasteiger charge is 2.19. The molecule has 1 saturated heterocycles. The number of halogens is 1. The van der Waals surface area contributed by atoms with Crippen molar-refractivity contribution in [1.29, 1.82) is 0 Å². The van der Waals surface area contributed by atoms with Crippen LogP contribution >= 0.6 is 11.6 Å². The van der Waals surface area contributed by atoms with Crippen LogP contribution in [0.1, 0.15) is 23.7 Å². The van der Waals surface area contributed by atoms with Crippen LogP contribution in [0, 0.1) is 6.92 Å². The zero-order valence-corrected chi connectivity index (χ0v) is 11.2. The molecule has 4 heteroatoms. The molecule has 0 saturated carbocycles. The third-order valence-corrected chi connectivity index (χ3v) is 3.93.